The first-order valence-electron chi connectivity index (χ1n) is 6.13. The second-order valence-corrected chi connectivity index (χ2v) is 6.87. The molecule has 1 aromatic carbocycles. The monoisotopic (exact) mass is 298 g/mol. The molecule has 0 aliphatic heterocycles. The van der Waals surface area contributed by atoms with Crippen LogP contribution in [0.15, 0.2) is 41.4 Å². The molecule has 7 heteroatoms. The summed E-state index contributed by atoms with van der Waals surface area (Å²) in [5.74, 6) is 0. The number of non-ortho nitro benzene ring substituents is 1. The molecule has 6 nitrogen and oxygen atoms in total. The molecule has 20 heavy (non-hydrogen) atoms. The van der Waals surface area contributed by atoms with Crippen molar-refractivity contribution < 1.29 is 13.3 Å². The Labute approximate surface area is 118 Å². The molecule has 0 aromatic heterocycles. The van der Waals surface area contributed by atoms with Crippen molar-refractivity contribution in [1.29, 1.82) is 0 Å². The van der Waals surface area contributed by atoms with Crippen LogP contribution in [0.5, 0.6) is 0 Å². The van der Waals surface area contributed by atoms with E-state index in [9.17, 15) is 18.5 Å². The molecule has 1 aromatic rings. The van der Waals surface area contributed by atoms with E-state index in [4.69, 9.17) is 0 Å². The molecule has 1 rings (SSSR count). The number of hydrogen-bond acceptors (Lipinski definition) is 5. The minimum atomic E-state index is -3.48. The van der Waals surface area contributed by atoms with E-state index in [1.54, 1.807) is 14.0 Å². The van der Waals surface area contributed by atoms with Gasteiger partial charge in [-0.3, -0.25) is 10.1 Å². The van der Waals surface area contributed by atoms with E-state index in [-0.39, 0.29) is 10.6 Å². The van der Waals surface area contributed by atoms with Crippen molar-refractivity contribution in [1.82, 2.24) is 5.32 Å². The number of nitrogens with zero attached hydrogens (tertiary/aromatic N) is 1. The Morgan fingerprint density at radius 3 is 2.40 bits per heavy atom. The summed E-state index contributed by atoms with van der Waals surface area (Å²) >= 11 is 0. The maximum absolute atomic E-state index is 12.3. The number of nitro groups is 1. The Morgan fingerprint density at radius 1 is 1.40 bits per heavy atom. The molecule has 0 aliphatic rings. The van der Waals surface area contributed by atoms with Gasteiger partial charge in [0, 0.05) is 24.9 Å². The van der Waals surface area contributed by atoms with Gasteiger partial charge in [0.15, 0.2) is 9.84 Å². The Bertz CT molecular complexity index is 593. The van der Waals surface area contributed by atoms with Crippen molar-refractivity contribution in [2.45, 2.75) is 29.9 Å². The summed E-state index contributed by atoms with van der Waals surface area (Å²) in [6.07, 6.45) is 1.00. The fourth-order valence-corrected chi connectivity index (χ4v) is 3.06. The van der Waals surface area contributed by atoms with Crippen LogP contribution in [0.2, 0.25) is 0 Å². The van der Waals surface area contributed by atoms with Crippen LogP contribution in [-0.2, 0) is 9.84 Å². The van der Waals surface area contributed by atoms with Crippen LogP contribution in [0.25, 0.3) is 0 Å². The van der Waals surface area contributed by atoms with Gasteiger partial charge in [0.1, 0.15) is 0 Å². The molecule has 1 N–H and O–H groups in total. The van der Waals surface area contributed by atoms with Crippen LogP contribution in [0.3, 0.4) is 0 Å². The van der Waals surface area contributed by atoms with Gasteiger partial charge in [-0.05, 0) is 31.9 Å². The van der Waals surface area contributed by atoms with E-state index in [2.05, 4.69) is 11.9 Å². The van der Waals surface area contributed by atoms with Gasteiger partial charge in [0.05, 0.1) is 15.1 Å². The molecule has 0 heterocycles. The van der Waals surface area contributed by atoms with E-state index >= 15 is 0 Å². The number of sulfone groups is 1. The first-order chi connectivity index (χ1) is 9.28. The molecule has 0 saturated heterocycles. The summed E-state index contributed by atoms with van der Waals surface area (Å²) in [4.78, 5) is 10.1. The zero-order valence-corrected chi connectivity index (χ0v) is 12.3. The summed E-state index contributed by atoms with van der Waals surface area (Å²) in [5, 5.41) is 12.8. The van der Waals surface area contributed by atoms with E-state index < -0.39 is 20.0 Å². The lowest BCUT2D eigenvalue weighted by molar-refractivity contribution is -0.384. The van der Waals surface area contributed by atoms with Crippen LogP contribution in [0.4, 0.5) is 5.69 Å². The largest absolute Gasteiger partial charge is 0.392 e. The maximum atomic E-state index is 12.3. The summed E-state index contributed by atoms with van der Waals surface area (Å²) < 4.78 is 24.6. The van der Waals surface area contributed by atoms with Crippen molar-refractivity contribution in [2.24, 2.45) is 0 Å². The van der Waals surface area contributed by atoms with Crippen LogP contribution >= 0.6 is 0 Å². The molecule has 1 unspecified atom stereocenters. The lowest BCUT2D eigenvalue weighted by Crippen LogP contribution is -2.19. The first kappa shape index (κ1) is 16.2. The van der Waals surface area contributed by atoms with Gasteiger partial charge in [-0.25, -0.2) is 8.42 Å². The zero-order valence-electron chi connectivity index (χ0n) is 11.5. The fraction of sp³-hybridized carbons (Fsp3) is 0.385. The van der Waals surface area contributed by atoms with Gasteiger partial charge in [-0.1, -0.05) is 6.58 Å². The highest BCUT2D eigenvalue weighted by atomic mass is 32.2. The highest BCUT2D eigenvalue weighted by Gasteiger charge is 2.23. The first-order valence-corrected chi connectivity index (χ1v) is 7.67. The van der Waals surface area contributed by atoms with Gasteiger partial charge in [-0.15, -0.1) is 0 Å². The number of rotatable bonds is 7. The van der Waals surface area contributed by atoms with Gasteiger partial charge in [0.25, 0.3) is 5.69 Å². The molecular weight excluding hydrogens is 280 g/mol. The van der Waals surface area contributed by atoms with E-state index in [0.29, 0.717) is 12.8 Å². The molecule has 0 radical (unpaired) electrons. The van der Waals surface area contributed by atoms with Gasteiger partial charge in [-0.2, -0.15) is 0 Å². The second kappa shape index (κ2) is 6.51. The smallest absolute Gasteiger partial charge is 0.269 e. The zero-order chi connectivity index (χ0) is 15.3. The predicted molar refractivity (Wildman–Crippen MR) is 77.2 cm³/mol. The Morgan fingerprint density at radius 2 is 1.95 bits per heavy atom. The Hall–Kier alpha value is -1.89. The molecular formula is C13H18N2O4S. The van der Waals surface area contributed by atoms with Crippen LogP contribution in [0.1, 0.15) is 19.8 Å². The fourth-order valence-electron chi connectivity index (χ4n) is 1.65. The summed E-state index contributed by atoms with van der Waals surface area (Å²) in [5.41, 5.74) is 0.649. The van der Waals surface area contributed by atoms with E-state index in [1.165, 1.54) is 24.3 Å². The average Bonchev–Trinajstić information content (AvgIpc) is 2.44. The molecule has 0 bridgehead atoms. The summed E-state index contributed by atoms with van der Waals surface area (Å²) in [6.45, 7) is 5.37. The van der Waals surface area contributed by atoms with Crippen LogP contribution in [-0.4, -0.2) is 25.6 Å². The van der Waals surface area contributed by atoms with Crippen molar-refractivity contribution in [3.8, 4) is 0 Å². The Kier molecular flexibility index (Phi) is 5.26. The lowest BCUT2D eigenvalue weighted by atomic mass is 10.2. The molecule has 0 aliphatic carbocycles. The predicted octanol–water partition coefficient (Wildman–Crippen LogP) is 2.27. The molecule has 110 valence electrons. The maximum Gasteiger partial charge on any atom is 0.269 e. The number of nitrogens with one attached hydrogen (secondary N) is 1. The van der Waals surface area contributed by atoms with E-state index in [0.717, 1.165) is 5.70 Å². The quantitative estimate of drug-likeness (QED) is 0.616. The van der Waals surface area contributed by atoms with Gasteiger partial charge >= 0.3 is 0 Å². The highest BCUT2D eigenvalue weighted by molar-refractivity contribution is 7.92. The standard InChI is InChI=1S/C13H18N2O4S/c1-10(14-3)4-5-11(2)20(18,19)13-8-6-12(7-9-13)15(16)17/h6-9,11,14H,1,4-5H2,2-3H3. The number of allylic oxidation sites excluding steroid dienone is 1. The minimum absolute atomic E-state index is 0.102. The number of benzene rings is 1. The molecule has 0 spiro atoms. The topological polar surface area (TPSA) is 89.3 Å². The SMILES string of the molecule is C=C(CCC(C)S(=O)(=O)c1ccc([N+](=O)[O-])cc1)NC. The Balaban J connectivity index is 2.87. The van der Waals surface area contributed by atoms with Gasteiger partial charge in [0.2, 0.25) is 0 Å². The molecule has 1 atom stereocenters. The number of hydrogen-bond donors (Lipinski definition) is 1. The van der Waals surface area contributed by atoms with Crippen LogP contribution in [0, 0.1) is 10.1 Å². The molecule has 0 saturated carbocycles. The van der Waals surface area contributed by atoms with Crippen LogP contribution < -0.4 is 5.32 Å². The summed E-state index contributed by atoms with van der Waals surface area (Å²) in [6, 6.07) is 4.95. The van der Waals surface area contributed by atoms with E-state index in [1.807, 2.05) is 0 Å². The lowest BCUT2D eigenvalue weighted by Gasteiger charge is -2.13. The highest BCUT2D eigenvalue weighted by Crippen LogP contribution is 2.22. The third-order valence-electron chi connectivity index (χ3n) is 3.11. The third kappa shape index (κ3) is 3.80. The normalized spacial score (nSPS) is 12.7. The minimum Gasteiger partial charge on any atom is -0.392 e. The third-order valence-corrected chi connectivity index (χ3v) is 5.34. The molecule has 0 amide bonds. The van der Waals surface area contributed by atoms with Crippen molar-refractivity contribution in [2.75, 3.05) is 7.05 Å². The average molecular weight is 298 g/mol. The second-order valence-electron chi connectivity index (χ2n) is 4.50. The van der Waals surface area contributed by atoms with Gasteiger partial charge < -0.3 is 5.32 Å². The van der Waals surface area contributed by atoms with Crippen molar-refractivity contribution in [3.63, 3.8) is 0 Å². The summed E-state index contributed by atoms with van der Waals surface area (Å²) in [7, 11) is -1.74. The number of nitro benzene ring substituents is 1. The molecule has 0 fully saturated rings. The van der Waals surface area contributed by atoms with Crippen molar-refractivity contribution >= 4 is 15.5 Å². The van der Waals surface area contributed by atoms with Crippen molar-refractivity contribution in [3.05, 3.63) is 46.7 Å².